The summed E-state index contributed by atoms with van der Waals surface area (Å²) in [6.45, 7) is 3.77. The molecule has 0 aliphatic rings. The molecule has 1 aromatic carbocycles. The molecule has 2 amide bonds. The van der Waals surface area contributed by atoms with Gasteiger partial charge in [0.15, 0.2) is 6.61 Å². The van der Waals surface area contributed by atoms with Crippen molar-refractivity contribution in [1.82, 2.24) is 14.9 Å². The summed E-state index contributed by atoms with van der Waals surface area (Å²) in [4.78, 5) is 36.9. The van der Waals surface area contributed by atoms with Crippen LogP contribution in [0.5, 0.6) is 0 Å². The number of nitrogens with one attached hydrogen (secondary N) is 2. The van der Waals surface area contributed by atoms with E-state index in [1.54, 1.807) is 25.2 Å². The Labute approximate surface area is 191 Å². The molecule has 0 radical (unpaired) electrons. The Hall–Kier alpha value is -2.76. The Kier molecular flexibility index (Phi) is 9.82. The minimum Gasteiger partial charge on any atom is -0.454 e. The molecular formula is C21H27N3O6S2. The second-order valence-corrected chi connectivity index (χ2v) is 9.61. The zero-order chi connectivity index (χ0) is 23.6. The fraction of sp³-hybridized carbons (Fsp3) is 0.381. The van der Waals surface area contributed by atoms with E-state index in [0.717, 1.165) is 4.88 Å². The summed E-state index contributed by atoms with van der Waals surface area (Å²) in [6.07, 6.45) is 0.697. The standard InChI is InChI=1S/C21H27N3O6S2/c1-3-24(4-2)32(28,29)18-9-7-16(8-10-18)21(27)23-14-20(26)30-15-19(25)22-12-11-17-6-5-13-31-17/h5-10,13H,3-4,11-12,14-15H2,1-2H3,(H,22,25)(H,23,27). The van der Waals surface area contributed by atoms with Gasteiger partial charge >= 0.3 is 5.97 Å². The largest absolute Gasteiger partial charge is 0.454 e. The second-order valence-electron chi connectivity index (χ2n) is 6.64. The van der Waals surface area contributed by atoms with Crippen LogP contribution in [0.15, 0.2) is 46.7 Å². The van der Waals surface area contributed by atoms with E-state index in [4.69, 9.17) is 4.74 Å². The van der Waals surface area contributed by atoms with Crippen molar-refractivity contribution in [2.24, 2.45) is 0 Å². The van der Waals surface area contributed by atoms with Crippen molar-refractivity contribution in [3.8, 4) is 0 Å². The fourth-order valence-corrected chi connectivity index (χ4v) is 4.94. The van der Waals surface area contributed by atoms with Crippen molar-refractivity contribution in [2.75, 3.05) is 32.8 Å². The Morgan fingerprint density at radius 1 is 1.03 bits per heavy atom. The lowest BCUT2D eigenvalue weighted by atomic mass is 10.2. The van der Waals surface area contributed by atoms with E-state index in [1.165, 1.54) is 28.6 Å². The van der Waals surface area contributed by atoms with Gasteiger partial charge in [-0.05, 0) is 42.1 Å². The van der Waals surface area contributed by atoms with Crippen LogP contribution < -0.4 is 10.6 Å². The number of benzene rings is 1. The Morgan fingerprint density at radius 3 is 2.31 bits per heavy atom. The Bertz CT molecular complexity index is 1000. The molecule has 0 fully saturated rings. The molecule has 11 heteroatoms. The van der Waals surface area contributed by atoms with Crippen LogP contribution in [-0.2, 0) is 30.8 Å². The number of sulfonamides is 1. The molecule has 9 nitrogen and oxygen atoms in total. The summed E-state index contributed by atoms with van der Waals surface area (Å²) in [5, 5.41) is 6.99. The van der Waals surface area contributed by atoms with E-state index >= 15 is 0 Å². The Balaban J connectivity index is 1.74. The number of carbonyl (C=O) groups excluding carboxylic acids is 3. The molecule has 174 valence electrons. The minimum absolute atomic E-state index is 0.0854. The molecule has 0 bridgehead atoms. The molecular weight excluding hydrogens is 454 g/mol. The first kappa shape index (κ1) is 25.5. The molecule has 0 unspecified atom stereocenters. The monoisotopic (exact) mass is 481 g/mol. The van der Waals surface area contributed by atoms with Crippen molar-refractivity contribution >= 4 is 39.1 Å². The van der Waals surface area contributed by atoms with E-state index < -0.39 is 41.0 Å². The first-order valence-corrected chi connectivity index (χ1v) is 12.4. The van der Waals surface area contributed by atoms with Gasteiger partial charge in [0.1, 0.15) is 6.54 Å². The van der Waals surface area contributed by atoms with E-state index in [1.807, 2.05) is 17.5 Å². The van der Waals surface area contributed by atoms with Gasteiger partial charge in [-0.25, -0.2) is 8.42 Å². The number of thiophene rings is 1. The highest BCUT2D eigenvalue weighted by molar-refractivity contribution is 7.89. The molecule has 0 saturated carbocycles. The summed E-state index contributed by atoms with van der Waals surface area (Å²) in [7, 11) is -3.61. The van der Waals surface area contributed by atoms with Gasteiger partial charge < -0.3 is 15.4 Å². The van der Waals surface area contributed by atoms with Crippen LogP contribution in [0.25, 0.3) is 0 Å². The van der Waals surface area contributed by atoms with Crippen molar-refractivity contribution in [1.29, 1.82) is 0 Å². The summed E-state index contributed by atoms with van der Waals surface area (Å²) in [5.74, 6) is -1.74. The van der Waals surface area contributed by atoms with Crippen LogP contribution in [0.3, 0.4) is 0 Å². The van der Waals surface area contributed by atoms with Gasteiger partial charge in [0.05, 0.1) is 4.90 Å². The SMILES string of the molecule is CCN(CC)S(=O)(=O)c1ccc(C(=O)NCC(=O)OCC(=O)NCCc2cccs2)cc1. The lowest BCUT2D eigenvalue weighted by Crippen LogP contribution is -2.34. The maximum Gasteiger partial charge on any atom is 0.325 e. The zero-order valence-electron chi connectivity index (χ0n) is 18.0. The van der Waals surface area contributed by atoms with E-state index in [2.05, 4.69) is 10.6 Å². The molecule has 0 saturated heterocycles. The normalized spacial score (nSPS) is 11.2. The maximum absolute atomic E-state index is 12.5. The lowest BCUT2D eigenvalue weighted by molar-refractivity contribution is -0.147. The van der Waals surface area contributed by atoms with Crippen LogP contribution in [0, 0.1) is 0 Å². The van der Waals surface area contributed by atoms with Crippen molar-refractivity contribution < 1.29 is 27.5 Å². The summed E-state index contributed by atoms with van der Waals surface area (Å²) >= 11 is 1.60. The zero-order valence-corrected chi connectivity index (χ0v) is 19.6. The highest BCUT2D eigenvalue weighted by atomic mass is 32.2. The molecule has 0 spiro atoms. The maximum atomic E-state index is 12.5. The molecule has 0 aliphatic carbocycles. The molecule has 2 N–H and O–H groups in total. The lowest BCUT2D eigenvalue weighted by Gasteiger charge is -2.18. The molecule has 2 aromatic rings. The van der Waals surface area contributed by atoms with Crippen molar-refractivity contribution in [2.45, 2.75) is 25.2 Å². The number of hydrogen-bond donors (Lipinski definition) is 2. The predicted molar refractivity (Wildman–Crippen MR) is 121 cm³/mol. The number of nitrogens with zero attached hydrogens (tertiary/aromatic N) is 1. The number of rotatable bonds is 12. The third kappa shape index (κ3) is 7.43. The van der Waals surface area contributed by atoms with Crippen LogP contribution in [0.2, 0.25) is 0 Å². The molecule has 0 atom stereocenters. The molecule has 2 rings (SSSR count). The smallest absolute Gasteiger partial charge is 0.325 e. The Morgan fingerprint density at radius 2 is 1.72 bits per heavy atom. The third-order valence-electron chi connectivity index (χ3n) is 4.49. The van der Waals surface area contributed by atoms with Crippen LogP contribution in [-0.4, -0.2) is 63.3 Å². The number of carbonyl (C=O) groups is 3. The quantitative estimate of drug-likeness (QED) is 0.442. The number of hydrogen-bond acceptors (Lipinski definition) is 7. The fourth-order valence-electron chi connectivity index (χ4n) is 2.77. The van der Waals surface area contributed by atoms with Crippen LogP contribution in [0.1, 0.15) is 29.1 Å². The topological polar surface area (TPSA) is 122 Å². The number of ether oxygens (including phenoxy) is 1. The average molecular weight is 482 g/mol. The minimum atomic E-state index is -3.61. The first-order valence-electron chi connectivity index (χ1n) is 10.1. The van der Waals surface area contributed by atoms with Gasteiger partial charge in [0.25, 0.3) is 11.8 Å². The van der Waals surface area contributed by atoms with Crippen LogP contribution in [0.4, 0.5) is 0 Å². The van der Waals surface area contributed by atoms with Crippen molar-refractivity contribution in [3.05, 3.63) is 52.2 Å². The summed E-state index contributed by atoms with van der Waals surface area (Å²) in [5.41, 5.74) is 0.197. The van der Waals surface area contributed by atoms with Gasteiger partial charge in [-0.1, -0.05) is 19.9 Å². The first-order chi connectivity index (χ1) is 15.3. The highest BCUT2D eigenvalue weighted by Gasteiger charge is 2.21. The summed E-state index contributed by atoms with van der Waals surface area (Å²) < 4.78 is 31.1. The molecule has 0 aliphatic heterocycles. The average Bonchev–Trinajstić information content (AvgIpc) is 3.30. The van der Waals surface area contributed by atoms with E-state index in [-0.39, 0.29) is 10.5 Å². The second kappa shape index (κ2) is 12.3. The molecule has 32 heavy (non-hydrogen) atoms. The summed E-state index contributed by atoms with van der Waals surface area (Å²) in [6, 6.07) is 9.34. The van der Waals surface area contributed by atoms with Crippen molar-refractivity contribution in [3.63, 3.8) is 0 Å². The third-order valence-corrected chi connectivity index (χ3v) is 7.49. The van der Waals surface area contributed by atoms with Gasteiger partial charge in [0, 0.05) is 30.1 Å². The molecule has 1 heterocycles. The van der Waals surface area contributed by atoms with Gasteiger partial charge in [-0.3, -0.25) is 14.4 Å². The van der Waals surface area contributed by atoms with E-state index in [9.17, 15) is 22.8 Å². The molecule has 1 aromatic heterocycles. The number of amides is 2. The number of esters is 1. The van der Waals surface area contributed by atoms with Gasteiger partial charge in [-0.15, -0.1) is 11.3 Å². The predicted octanol–water partition coefficient (Wildman–Crippen LogP) is 1.41. The van der Waals surface area contributed by atoms with Gasteiger partial charge in [-0.2, -0.15) is 4.31 Å². The van der Waals surface area contributed by atoms with Crippen LogP contribution >= 0.6 is 11.3 Å². The highest BCUT2D eigenvalue weighted by Crippen LogP contribution is 2.16. The van der Waals surface area contributed by atoms with E-state index in [0.29, 0.717) is 26.1 Å². The van der Waals surface area contributed by atoms with Gasteiger partial charge in [0.2, 0.25) is 10.0 Å².